The second-order valence-corrected chi connectivity index (χ2v) is 10.3. The third-order valence-electron chi connectivity index (χ3n) is 7.75. The number of ether oxygens (including phenoxy) is 1. The van der Waals surface area contributed by atoms with Crippen molar-refractivity contribution in [2.24, 2.45) is 0 Å². The number of tetrazole rings is 1. The summed E-state index contributed by atoms with van der Waals surface area (Å²) >= 11 is 0. The van der Waals surface area contributed by atoms with Gasteiger partial charge in [-0.2, -0.15) is 5.21 Å². The number of benzene rings is 2. The molecule has 0 spiro atoms. The van der Waals surface area contributed by atoms with Gasteiger partial charge >= 0.3 is 0 Å². The summed E-state index contributed by atoms with van der Waals surface area (Å²) in [6.07, 6.45) is 3.26. The Kier molecular flexibility index (Phi) is 6.83. The molecule has 1 N–H and O–H groups in total. The maximum absolute atomic E-state index is 5.57. The summed E-state index contributed by atoms with van der Waals surface area (Å²) in [6, 6.07) is 17.4. The number of aryl methyl sites for hydroxylation is 3. The van der Waals surface area contributed by atoms with Gasteiger partial charge in [0.15, 0.2) is 5.65 Å². The molecule has 9 nitrogen and oxygen atoms in total. The van der Waals surface area contributed by atoms with E-state index < -0.39 is 0 Å². The molecule has 2 aromatic carbocycles. The van der Waals surface area contributed by atoms with Crippen molar-refractivity contribution in [3.8, 4) is 22.5 Å². The van der Waals surface area contributed by atoms with Crippen LogP contribution in [0.25, 0.3) is 33.7 Å². The van der Waals surface area contributed by atoms with Gasteiger partial charge in [-0.05, 0) is 78.4 Å². The fourth-order valence-corrected chi connectivity index (χ4v) is 5.65. The van der Waals surface area contributed by atoms with Crippen molar-refractivity contribution in [3.05, 3.63) is 71.2 Å². The van der Waals surface area contributed by atoms with E-state index in [1.807, 2.05) is 6.92 Å². The molecule has 6 rings (SSSR count). The van der Waals surface area contributed by atoms with Crippen LogP contribution in [0.15, 0.2) is 48.5 Å². The van der Waals surface area contributed by atoms with Gasteiger partial charge in [-0.1, -0.05) is 31.2 Å². The van der Waals surface area contributed by atoms with Crippen molar-refractivity contribution in [2.45, 2.75) is 52.7 Å². The number of rotatable bonds is 7. The quantitative estimate of drug-likeness (QED) is 0.317. The van der Waals surface area contributed by atoms with E-state index >= 15 is 0 Å². The van der Waals surface area contributed by atoms with E-state index in [9.17, 15) is 0 Å². The Labute approximate surface area is 228 Å². The number of aromatic amines is 1. The van der Waals surface area contributed by atoms with Crippen molar-refractivity contribution < 1.29 is 4.74 Å². The highest BCUT2D eigenvalue weighted by atomic mass is 16.5. The van der Waals surface area contributed by atoms with E-state index in [1.165, 1.54) is 16.8 Å². The Morgan fingerprint density at radius 2 is 1.77 bits per heavy atom. The molecule has 1 saturated heterocycles. The Bertz CT molecular complexity index is 1580. The van der Waals surface area contributed by atoms with Crippen LogP contribution in [0.2, 0.25) is 0 Å². The Balaban J connectivity index is 1.33. The van der Waals surface area contributed by atoms with Crippen LogP contribution in [0.3, 0.4) is 0 Å². The maximum atomic E-state index is 5.57. The second kappa shape index (κ2) is 10.6. The van der Waals surface area contributed by atoms with Crippen LogP contribution in [-0.4, -0.2) is 61.5 Å². The van der Waals surface area contributed by atoms with E-state index in [0.29, 0.717) is 11.9 Å². The zero-order valence-electron chi connectivity index (χ0n) is 23.0. The molecule has 0 bridgehead atoms. The number of H-pyrrole nitrogens is 1. The number of anilines is 1. The number of nitrogens with zero attached hydrogens (tertiary/aromatic N) is 7. The number of methoxy groups -OCH3 is 1. The van der Waals surface area contributed by atoms with Crippen LogP contribution in [0.5, 0.6) is 0 Å². The zero-order valence-corrected chi connectivity index (χ0v) is 23.0. The molecular formula is C30H34N8O. The molecule has 3 aromatic heterocycles. The van der Waals surface area contributed by atoms with Gasteiger partial charge < -0.3 is 14.2 Å². The molecule has 1 aliphatic rings. The predicted octanol–water partition coefficient (Wildman–Crippen LogP) is 5.12. The van der Waals surface area contributed by atoms with Gasteiger partial charge in [0.2, 0.25) is 5.82 Å². The van der Waals surface area contributed by atoms with Crippen molar-refractivity contribution in [1.29, 1.82) is 0 Å². The molecule has 0 unspecified atom stereocenters. The SMILES string of the molecule is CCc1nc2c(C)cc(C)nc2n1Cc1ccc(-c2cc(N3CCC(OC)CC3)ccc2-c2nn[nH]n2)cc1. The molecule has 200 valence electrons. The summed E-state index contributed by atoms with van der Waals surface area (Å²) in [5.41, 5.74) is 9.69. The van der Waals surface area contributed by atoms with E-state index in [-0.39, 0.29) is 0 Å². The molecule has 1 fully saturated rings. The van der Waals surface area contributed by atoms with Crippen LogP contribution in [0, 0.1) is 13.8 Å². The number of hydrogen-bond donors (Lipinski definition) is 1. The highest BCUT2D eigenvalue weighted by Gasteiger charge is 2.21. The summed E-state index contributed by atoms with van der Waals surface area (Å²) in [5, 5.41) is 14.9. The number of pyridine rings is 1. The third kappa shape index (κ3) is 4.90. The monoisotopic (exact) mass is 522 g/mol. The normalized spacial score (nSPS) is 14.4. The summed E-state index contributed by atoms with van der Waals surface area (Å²) in [5.74, 6) is 1.65. The standard InChI is InChI=1S/C30H34N8O/c1-5-27-32-28-19(2)16-20(3)31-30(28)38(27)18-21-6-8-22(9-7-21)26-17-23(37-14-12-24(39-4)13-15-37)10-11-25(26)29-33-35-36-34-29/h6-11,16-17,24H,5,12-15,18H2,1-4H3,(H,33,34,35,36). The molecule has 0 radical (unpaired) electrons. The van der Waals surface area contributed by atoms with Crippen molar-refractivity contribution >= 4 is 16.9 Å². The summed E-state index contributed by atoms with van der Waals surface area (Å²) in [6.45, 7) is 8.97. The second-order valence-electron chi connectivity index (χ2n) is 10.3. The van der Waals surface area contributed by atoms with Crippen LogP contribution >= 0.6 is 0 Å². The lowest BCUT2D eigenvalue weighted by Gasteiger charge is -2.33. The lowest BCUT2D eigenvalue weighted by atomic mass is 9.96. The molecule has 4 heterocycles. The molecule has 0 atom stereocenters. The van der Waals surface area contributed by atoms with Crippen molar-refractivity contribution in [3.63, 3.8) is 0 Å². The van der Waals surface area contributed by atoms with Crippen molar-refractivity contribution in [2.75, 3.05) is 25.1 Å². The number of fused-ring (bicyclic) bond motifs is 1. The zero-order chi connectivity index (χ0) is 26.9. The Morgan fingerprint density at radius 1 is 0.974 bits per heavy atom. The molecule has 1 aliphatic heterocycles. The van der Waals surface area contributed by atoms with Gasteiger partial charge in [-0.3, -0.25) is 0 Å². The van der Waals surface area contributed by atoms with Gasteiger partial charge in [-0.25, -0.2) is 9.97 Å². The Morgan fingerprint density at radius 3 is 2.46 bits per heavy atom. The number of hydrogen-bond acceptors (Lipinski definition) is 7. The fraction of sp³-hybridized carbons (Fsp3) is 0.367. The predicted molar refractivity (Wildman–Crippen MR) is 153 cm³/mol. The summed E-state index contributed by atoms with van der Waals surface area (Å²) in [7, 11) is 1.80. The third-order valence-corrected chi connectivity index (χ3v) is 7.75. The van der Waals surface area contributed by atoms with Gasteiger partial charge in [0.25, 0.3) is 0 Å². The highest BCUT2D eigenvalue weighted by molar-refractivity contribution is 5.83. The first-order valence-corrected chi connectivity index (χ1v) is 13.6. The average Bonchev–Trinajstić information content (AvgIpc) is 3.62. The van der Waals surface area contributed by atoms with E-state index in [2.05, 4.69) is 92.5 Å². The van der Waals surface area contributed by atoms with E-state index in [1.54, 1.807) is 7.11 Å². The number of aromatic nitrogens is 7. The molecule has 5 aromatic rings. The molecule has 9 heteroatoms. The molecule has 0 amide bonds. The lowest BCUT2D eigenvalue weighted by Crippen LogP contribution is -2.36. The molecule has 39 heavy (non-hydrogen) atoms. The van der Waals surface area contributed by atoms with Crippen LogP contribution < -0.4 is 4.90 Å². The summed E-state index contributed by atoms with van der Waals surface area (Å²) in [4.78, 5) is 12.2. The van der Waals surface area contributed by atoms with Gasteiger partial charge in [0.05, 0.1) is 12.6 Å². The smallest absolute Gasteiger partial charge is 0.205 e. The largest absolute Gasteiger partial charge is 0.381 e. The number of nitrogens with one attached hydrogen (secondary N) is 1. The van der Waals surface area contributed by atoms with Crippen LogP contribution in [0.1, 0.15) is 42.4 Å². The summed E-state index contributed by atoms with van der Waals surface area (Å²) < 4.78 is 7.82. The minimum atomic E-state index is 0.343. The Hall–Kier alpha value is -4.11. The van der Waals surface area contributed by atoms with E-state index in [0.717, 1.165) is 78.3 Å². The number of imidazole rings is 1. The van der Waals surface area contributed by atoms with Crippen LogP contribution in [0.4, 0.5) is 5.69 Å². The first-order chi connectivity index (χ1) is 19.0. The molecule has 0 aliphatic carbocycles. The minimum absolute atomic E-state index is 0.343. The first kappa shape index (κ1) is 25.2. The van der Waals surface area contributed by atoms with Crippen LogP contribution in [-0.2, 0) is 17.7 Å². The molecule has 0 saturated carbocycles. The maximum Gasteiger partial charge on any atom is 0.205 e. The highest BCUT2D eigenvalue weighted by Crippen LogP contribution is 2.35. The fourth-order valence-electron chi connectivity index (χ4n) is 5.65. The van der Waals surface area contributed by atoms with Gasteiger partial charge in [0, 0.05) is 43.6 Å². The average molecular weight is 523 g/mol. The van der Waals surface area contributed by atoms with Gasteiger partial charge in [0.1, 0.15) is 11.3 Å². The van der Waals surface area contributed by atoms with E-state index in [4.69, 9.17) is 14.7 Å². The number of piperidine rings is 1. The first-order valence-electron chi connectivity index (χ1n) is 13.6. The van der Waals surface area contributed by atoms with Crippen molar-refractivity contribution in [1.82, 2.24) is 35.2 Å². The minimum Gasteiger partial charge on any atom is -0.381 e. The molecular weight excluding hydrogens is 488 g/mol. The van der Waals surface area contributed by atoms with Gasteiger partial charge in [-0.15, -0.1) is 10.2 Å². The lowest BCUT2D eigenvalue weighted by molar-refractivity contribution is 0.0819. The topological polar surface area (TPSA) is 97.6 Å².